The van der Waals surface area contributed by atoms with Gasteiger partial charge in [0.25, 0.3) is 0 Å². The van der Waals surface area contributed by atoms with E-state index in [0.29, 0.717) is 17.5 Å². The lowest BCUT2D eigenvalue weighted by atomic mass is 10.2. The van der Waals surface area contributed by atoms with Crippen LogP contribution in [-0.4, -0.2) is 35.2 Å². The van der Waals surface area contributed by atoms with Gasteiger partial charge in [-0.2, -0.15) is 4.98 Å². The Morgan fingerprint density at radius 3 is 2.54 bits per heavy atom. The van der Waals surface area contributed by atoms with Crippen molar-refractivity contribution in [2.24, 2.45) is 0 Å². The minimum Gasteiger partial charge on any atom is -0.497 e. The first kappa shape index (κ1) is 19.4. The highest BCUT2D eigenvalue weighted by molar-refractivity contribution is 5.69. The third-order valence-corrected chi connectivity index (χ3v) is 4.31. The molecule has 7 nitrogen and oxygen atoms in total. The second-order valence-corrected chi connectivity index (χ2v) is 6.32. The number of hydrogen-bond donors (Lipinski definition) is 2. The second-order valence-electron chi connectivity index (χ2n) is 6.32. The van der Waals surface area contributed by atoms with Gasteiger partial charge in [-0.25, -0.2) is 4.98 Å². The summed E-state index contributed by atoms with van der Waals surface area (Å²) in [4.78, 5) is 13.6. The average molecular weight is 379 g/mol. The fraction of sp³-hybridized carbons (Fsp3) is 0.286. The summed E-state index contributed by atoms with van der Waals surface area (Å²) in [7, 11) is 3.24. The number of ether oxygens (including phenoxy) is 2. The summed E-state index contributed by atoms with van der Waals surface area (Å²) in [5, 5.41) is 6.65. The Hall–Kier alpha value is -3.35. The van der Waals surface area contributed by atoms with Crippen LogP contribution in [0.2, 0.25) is 0 Å². The smallest absolute Gasteiger partial charge is 0.225 e. The molecule has 7 heteroatoms. The van der Waals surface area contributed by atoms with Gasteiger partial charge in [0.05, 0.1) is 31.3 Å². The molecule has 0 saturated carbocycles. The highest BCUT2D eigenvalue weighted by atomic mass is 16.5. The van der Waals surface area contributed by atoms with Crippen molar-refractivity contribution in [1.29, 1.82) is 0 Å². The summed E-state index contributed by atoms with van der Waals surface area (Å²) in [5.41, 5.74) is 2.29. The Morgan fingerprint density at radius 2 is 1.86 bits per heavy atom. The van der Waals surface area contributed by atoms with E-state index in [1.54, 1.807) is 20.4 Å². The minimum atomic E-state index is 0.252. The van der Waals surface area contributed by atoms with Crippen LogP contribution in [0.3, 0.4) is 0 Å². The molecular weight excluding hydrogens is 354 g/mol. The standard InChI is InChI=1S/C21H25N5O2/c1-5-14(2)23-21-25-18(16-8-6-7-11-22-16)13-20(26-21)24-17-10-9-15(27-3)12-19(17)28-4/h6-14H,5H2,1-4H3,(H2,23,24,25,26)/t14-/m1/s1. The van der Waals surface area contributed by atoms with E-state index >= 15 is 0 Å². The third-order valence-electron chi connectivity index (χ3n) is 4.31. The molecule has 1 atom stereocenters. The summed E-state index contributed by atoms with van der Waals surface area (Å²) in [5.74, 6) is 2.57. The molecule has 3 rings (SSSR count). The van der Waals surface area contributed by atoms with E-state index in [4.69, 9.17) is 9.47 Å². The van der Waals surface area contributed by atoms with Crippen molar-refractivity contribution in [3.05, 3.63) is 48.7 Å². The molecule has 0 unspecified atom stereocenters. The lowest BCUT2D eigenvalue weighted by Gasteiger charge is -2.16. The van der Waals surface area contributed by atoms with Gasteiger partial charge in [0.15, 0.2) is 0 Å². The fourth-order valence-electron chi connectivity index (χ4n) is 2.58. The maximum absolute atomic E-state index is 5.47. The van der Waals surface area contributed by atoms with Gasteiger partial charge in [0, 0.05) is 24.4 Å². The van der Waals surface area contributed by atoms with Crippen molar-refractivity contribution in [3.8, 4) is 22.9 Å². The van der Waals surface area contributed by atoms with Crippen molar-refractivity contribution >= 4 is 17.5 Å². The zero-order valence-corrected chi connectivity index (χ0v) is 16.6. The van der Waals surface area contributed by atoms with E-state index < -0.39 is 0 Å². The molecule has 2 heterocycles. The Bertz CT molecular complexity index is 918. The summed E-state index contributed by atoms with van der Waals surface area (Å²) in [6.45, 7) is 4.21. The van der Waals surface area contributed by atoms with E-state index in [1.165, 1.54) is 0 Å². The van der Waals surface area contributed by atoms with Crippen LogP contribution in [0.5, 0.6) is 11.5 Å². The molecule has 1 aromatic carbocycles. The third kappa shape index (κ3) is 4.68. The maximum atomic E-state index is 5.47. The molecule has 0 saturated heterocycles. The topological polar surface area (TPSA) is 81.2 Å². The molecule has 0 fully saturated rings. The van der Waals surface area contributed by atoms with E-state index in [2.05, 4.69) is 39.4 Å². The number of nitrogens with one attached hydrogen (secondary N) is 2. The van der Waals surface area contributed by atoms with E-state index in [9.17, 15) is 0 Å². The molecule has 0 bridgehead atoms. The molecule has 0 aliphatic carbocycles. The summed E-state index contributed by atoms with van der Waals surface area (Å²) in [6, 6.07) is 13.4. The summed E-state index contributed by atoms with van der Waals surface area (Å²) < 4.78 is 10.7. The van der Waals surface area contributed by atoms with Gasteiger partial charge in [-0.1, -0.05) is 13.0 Å². The second kappa shape index (κ2) is 9.03. The van der Waals surface area contributed by atoms with Crippen molar-refractivity contribution in [1.82, 2.24) is 15.0 Å². The minimum absolute atomic E-state index is 0.252. The molecule has 0 aliphatic heterocycles. The predicted octanol–water partition coefficient (Wildman–Crippen LogP) is 4.51. The SMILES string of the molecule is CC[C@@H](C)Nc1nc(Nc2ccc(OC)cc2OC)cc(-c2ccccn2)n1. The van der Waals surface area contributed by atoms with Crippen LogP contribution in [0.1, 0.15) is 20.3 Å². The number of benzene rings is 1. The number of rotatable bonds is 8. The number of methoxy groups -OCH3 is 2. The van der Waals surface area contributed by atoms with E-state index in [0.717, 1.165) is 29.2 Å². The normalized spacial score (nSPS) is 11.6. The lowest BCUT2D eigenvalue weighted by molar-refractivity contribution is 0.395. The molecule has 0 amide bonds. The first-order valence-electron chi connectivity index (χ1n) is 9.19. The molecular formula is C21H25N5O2. The van der Waals surface area contributed by atoms with Crippen LogP contribution < -0.4 is 20.1 Å². The van der Waals surface area contributed by atoms with Crippen LogP contribution in [-0.2, 0) is 0 Å². The Labute approximate surface area is 165 Å². The molecule has 0 radical (unpaired) electrons. The summed E-state index contributed by atoms with van der Waals surface area (Å²) in [6.07, 6.45) is 2.71. The number of nitrogens with zero attached hydrogens (tertiary/aromatic N) is 3. The van der Waals surface area contributed by atoms with Gasteiger partial charge in [-0.15, -0.1) is 0 Å². The quantitative estimate of drug-likeness (QED) is 0.596. The number of anilines is 3. The van der Waals surface area contributed by atoms with Crippen molar-refractivity contribution in [2.45, 2.75) is 26.3 Å². The highest BCUT2D eigenvalue weighted by Crippen LogP contribution is 2.32. The number of aromatic nitrogens is 3. The number of pyridine rings is 1. The van der Waals surface area contributed by atoms with Crippen LogP contribution in [0, 0.1) is 0 Å². The van der Waals surface area contributed by atoms with Crippen molar-refractivity contribution < 1.29 is 9.47 Å². The highest BCUT2D eigenvalue weighted by Gasteiger charge is 2.12. The van der Waals surface area contributed by atoms with Crippen LogP contribution in [0.25, 0.3) is 11.4 Å². The molecule has 2 aromatic heterocycles. The van der Waals surface area contributed by atoms with Gasteiger partial charge in [0.1, 0.15) is 17.3 Å². The van der Waals surface area contributed by atoms with Crippen molar-refractivity contribution in [3.63, 3.8) is 0 Å². The molecule has 28 heavy (non-hydrogen) atoms. The Kier molecular flexibility index (Phi) is 6.26. The van der Waals surface area contributed by atoms with Crippen LogP contribution in [0.15, 0.2) is 48.7 Å². The van der Waals surface area contributed by atoms with Gasteiger partial charge >= 0.3 is 0 Å². The maximum Gasteiger partial charge on any atom is 0.225 e. The molecule has 3 aromatic rings. The zero-order chi connectivity index (χ0) is 19.9. The van der Waals surface area contributed by atoms with Gasteiger partial charge in [0.2, 0.25) is 5.95 Å². The molecule has 0 spiro atoms. The van der Waals surface area contributed by atoms with E-state index in [1.807, 2.05) is 42.5 Å². The van der Waals surface area contributed by atoms with Crippen molar-refractivity contribution in [2.75, 3.05) is 24.9 Å². The first-order chi connectivity index (χ1) is 13.6. The van der Waals surface area contributed by atoms with Gasteiger partial charge < -0.3 is 20.1 Å². The molecule has 0 aliphatic rings. The average Bonchev–Trinajstić information content (AvgIpc) is 2.74. The number of hydrogen-bond acceptors (Lipinski definition) is 7. The first-order valence-corrected chi connectivity index (χ1v) is 9.19. The molecule has 2 N–H and O–H groups in total. The monoisotopic (exact) mass is 379 g/mol. The lowest BCUT2D eigenvalue weighted by Crippen LogP contribution is -2.16. The largest absolute Gasteiger partial charge is 0.497 e. The Morgan fingerprint density at radius 1 is 1.00 bits per heavy atom. The summed E-state index contributed by atoms with van der Waals surface area (Å²) >= 11 is 0. The van der Waals surface area contributed by atoms with E-state index in [-0.39, 0.29) is 6.04 Å². The molecule has 146 valence electrons. The fourth-order valence-corrected chi connectivity index (χ4v) is 2.58. The van der Waals surface area contributed by atoms with Gasteiger partial charge in [-0.05, 0) is 37.6 Å². The predicted molar refractivity (Wildman–Crippen MR) is 111 cm³/mol. The van der Waals surface area contributed by atoms with Gasteiger partial charge in [-0.3, -0.25) is 4.98 Å². The van der Waals surface area contributed by atoms with Crippen LogP contribution in [0.4, 0.5) is 17.5 Å². The zero-order valence-electron chi connectivity index (χ0n) is 16.6. The Balaban J connectivity index is 1.99. The van der Waals surface area contributed by atoms with Crippen LogP contribution >= 0.6 is 0 Å².